The molecule has 2 heterocycles. The largest absolute Gasteiger partial charge is 0.317 e. The van der Waals surface area contributed by atoms with Gasteiger partial charge in [0.05, 0.1) is 4.90 Å². The minimum Gasteiger partial charge on any atom is -0.317 e. The summed E-state index contributed by atoms with van der Waals surface area (Å²) in [5.41, 5.74) is -0.164. The van der Waals surface area contributed by atoms with Crippen LogP contribution in [0.2, 0.25) is 0 Å². The van der Waals surface area contributed by atoms with Crippen LogP contribution in [-0.4, -0.2) is 37.9 Å². The quantitative estimate of drug-likeness (QED) is 0.911. The van der Waals surface area contributed by atoms with Gasteiger partial charge in [0.25, 0.3) is 0 Å². The van der Waals surface area contributed by atoms with E-state index in [9.17, 15) is 8.42 Å². The molecule has 2 aliphatic rings. The second kappa shape index (κ2) is 5.07. The number of hydrogen-bond acceptors (Lipinski definition) is 3. The Morgan fingerprint density at radius 3 is 2.33 bits per heavy atom. The van der Waals surface area contributed by atoms with Gasteiger partial charge in [0.1, 0.15) is 0 Å². The van der Waals surface area contributed by atoms with Crippen molar-refractivity contribution in [2.45, 2.75) is 43.5 Å². The van der Waals surface area contributed by atoms with E-state index in [1.165, 1.54) is 0 Å². The van der Waals surface area contributed by atoms with Crippen LogP contribution in [0.3, 0.4) is 0 Å². The topological polar surface area (TPSA) is 49.4 Å². The fourth-order valence-corrected chi connectivity index (χ4v) is 5.92. The molecule has 1 aromatic rings. The van der Waals surface area contributed by atoms with Gasteiger partial charge in [0, 0.05) is 12.1 Å². The van der Waals surface area contributed by atoms with Crippen molar-refractivity contribution in [3.05, 3.63) is 30.3 Å². The molecule has 0 aliphatic carbocycles. The third-order valence-electron chi connectivity index (χ3n) is 4.96. The molecule has 0 amide bonds. The van der Waals surface area contributed by atoms with Gasteiger partial charge in [-0.25, -0.2) is 8.42 Å². The van der Waals surface area contributed by atoms with Gasteiger partial charge in [0.15, 0.2) is 0 Å². The number of benzene rings is 1. The molecule has 0 aromatic heterocycles. The van der Waals surface area contributed by atoms with Crippen LogP contribution in [0.4, 0.5) is 0 Å². The molecule has 2 fully saturated rings. The highest BCUT2D eigenvalue weighted by Crippen LogP contribution is 2.48. The van der Waals surface area contributed by atoms with Gasteiger partial charge >= 0.3 is 0 Å². The highest BCUT2D eigenvalue weighted by atomic mass is 32.2. The van der Waals surface area contributed by atoms with Crippen molar-refractivity contribution in [3.8, 4) is 0 Å². The lowest BCUT2D eigenvalue weighted by Crippen LogP contribution is -2.43. The molecule has 1 N–H and O–H groups in total. The van der Waals surface area contributed by atoms with Crippen molar-refractivity contribution in [3.63, 3.8) is 0 Å². The minimum absolute atomic E-state index is 0.149. The number of nitrogens with one attached hydrogen (secondary N) is 1. The van der Waals surface area contributed by atoms with Gasteiger partial charge in [-0.3, -0.25) is 0 Å². The molecule has 116 valence electrons. The van der Waals surface area contributed by atoms with E-state index in [2.05, 4.69) is 19.2 Å². The van der Waals surface area contributed by atoms with Crippen LogP contribution < -0.4 is 5.32 Å². The van der Waals surface area contributed by atoms with Crippen molar-refractivity contribution in [1.29, 1.82) is 0 Å². The Balaban J connectivity index is 1.95. The summed E-state index contributed by atoms with van der Waals surface area (Å²) in [6, 6.07) is 8.81. The van der Waals surface area contributed by atoms with Crippen LogP contribution in [0.25, 0.3) is 0 Å². The third kappa shape index (κ3) is 2.62. The molecule has 0 saturated carbocycles. The maximum Gasteiger partial charge on any atom is 0.243 e. The van der Waals surface area contributed by atoms with Gasteiger partial charge in [-0.1, -0.05) is 18.2 Å². The molecule has 2 aliphatic heterocycles. The van der Waals surface area contributed by atoms with E-state index in [1.807, 2.05) is 6.07 Å². The molecule has 21 heavy (non-hydrogen) atoms. The number of sulfonamides is 1. The average Bonchev–Trinajstić information content (AvgIpc) is 2.72. The summed E-state index contributed by atoms with van der Waals surface area (Å²) >= 11 is 0. The number of hydrogen-bond donors (Lipinski definition) is 1. The Bertz CT molecular complexity index is 604. The molecule has 3 rings (SSSR count). The molecule has 0 bridgehead atoms. The van der Waals surface area contributed by atoms with Crippen LogP contribution in [0.15, 0.2) is 35.2 Å². The third-order valence-corrected chi connectivity index (χ3v) is 7.03. The van der Waals surface area contributed by atoms with E-state index in [0.29, 0.717) is 11.4 Å². The smallest absolute Gasteiger partial charge is 0.243 e. The first-order chi connectivity index (χ1) is 9.86. The van der Waals surface area contributed by atoms with Crippen molar-refractivity contribution in [2.24, 2.45) is 5.41 Å². The molecule has 0 atom stereocenters. The summed E-state index contributed by atoms with van der Waals surface area (Å²) in [4.78, 5) is 0.407. The Hall–Kier alpha value is -0.910. The van der Waals surface area contributed by atoms with Crippen LogP contribution in [0.5, 0.6) is 0 Å². The Kier molecular flexibility index (Phi) is 3.62. The van der Waals surface area contributed by atoms with Crippen LogP contribution in [0.1, 0.15) is 33.1 Å². The molecule has 0 unspecified atom stereocenters. The van der Waals surface area contributed by atoms with E-state index in [0.717, 1.165) is 32.4 Å². The van der Waals surface area contributed by atoms with E-state index >= 15 is 0 Å². The number of rotatable bonds is 2. The summed E-state index contributed by atoms with van der Waals surface area (Å²) in [6.45, 7) is 6.76. The zero-order valence-corrected chi connectivity index (χ0v) is 13.6. The molecular formula is C16H24N2O2S. The van der Waals surface area contributed by atoms with Crippen LogP contribution in [-0.2, 0) is 10.0 Å². The van der Waals surface area contributed by atoms with Gasteiger partial charge in [-0.05, 0) is 63.7 Å². The predicted octanol–water partition coefficient (Wildman–Crippen LogP) is 2.23. The fourth-order valence-electron chi connectivity index (χ4n) is 4.00. The lowest BCUT2D eigenvalue weighted by Gasteiger charge is -2.33. The lowest BCUT2D eigenvalue weighted by molar-refractivity contribution is 0.215. The van der Waals surface area contributed by atoms with E-state index in [1.54, 1.807) is 28.6 Å². The Labute approximate surface area is 127 Å². The summed E-state index contributed by atoms with van der Waals surface area (Å²) < 4.78 is 27.7. The van der Waals surface area contributed by atoms with Crippen molar-refractivity contribution >= 4 is 10.0 Å². The number of piperidine rings is 1. The summed E-state index contributed by atoms with van der Waals surface area (Å²) in [5, 5.41) is 3.38. The maximum absolute atomic E-state index is 13.0. The molecule has 0 radical (unpaired) electrons. The first-order valence-electron chi connectivity index (χ1n) is 7.65. The highest BCUT2D eigenvalue weighted by molar-refractivity contribution is 7.89. The van der Waals surface area contributed by atoms with E-state index < -0.39 is 10.0 Å². The Morgan fingerprint density at radius 1 is 1.10 bits per heavy atom. The van der Waals surface area contributed by atoms with Gasteiger partial charge in [-0.2, -0.15) is 4.31 Å². The Morgan fingerprint density at radius 2 is 1.71 bits per heavy atom. The monoisotopic (exact) mass is 308 g/mol. The van der Waals surface area contributed by atoms with Crippen molar-refractivity contribution in [1.82, 2.24) is 9.62 Å². The molecule has 5 heteroatoms. The molecule has 2 saturated heterocycles. The zero-order valence-electron chi connectivity index (χ0n) is 12.8. The highest BCUT2D eigenvalue weighted by Gasteiger charge is 2.52. The molecule has 1 aromatic carbocycles. The number of nitrogens with zero attached hydrogens (tertiary/aromatic N) is 1. The van der Waals surface area contributed by atoms with Crippen molar-refractivity contribution in [2.75, 3.05) is 19.6 Å². The van der Waals surface area contributed by atoms with E-state index in [-0.39, 0.29) is 11.0 Å². The predicted molar refractivity (Wildman–Crippen MR) is 83.6 cm³/mol. The van der Waals surface area contributed by atoms with Crippen LogP contribution in [0, 0.1) is 5.41 Å². The van der Waals surface area contributed by atoms with Gasteiger partial charge in [-0.15, -0.1) is 0 Å². The summed E-state index contributed by atoms with van der Waals surface area (Å²) in [7, 11) is -3.41. The van der Waals surface area contributed by atoms with Crippen LogP contribution >= 0.6 is 0 Å². The molecular weight excluding hydrogens is 284 g/mol. The van der Waals surface area contributed by atoms with Gasteiger partial charge < -0.3 is 5.32 Å². The average molecular weight is 308 g/mol. The standard InChI is InChI=1S/C16H24N2O2S/c1-15(2)12-16(8-10-17-11-9-16)13-18(15)21(19,20)14-6-4-3-5-7-14/h3-7,17H,8-13H2,1-2H3. The normalized spacial score (nSPS) is 25.2. The molecule has 4 nitrogen and oxygen atoms in total. The first kappa shape index (κ1) is 15.0. The maximum atomic E-state index is 13.0. The first-order valence-corrected chi connectivity index (χ1v) is 9.09. The SMILES string of the molecule is CC1(C)CC2(CCNCC2)CN1S(=O)(=O)c1ccccc1. The second-order valence-electron chi connectivity index (χ2n) is 7.06. The summed E-state index contributed by atoms with van der Waals surface area (Å²) in [5.74, 6) is 0. The lowest BCUT2D eigenvalue weighted by atomic mass is 9.75. The zero-order chi connectivity index (χ0) is 15.1. The minimum atomic E-state index is -3.41. The van der Waals surface area contributed by atoms with Gasteiger partial charge in [0.2, 0.25) is 10.0 Å². The van der Waals surface area contributed by atoms with Crippen molar-refractivity contribution < 1.29 is 8.42 Å². The summed E-state index contributed by atoms with van der Waals surface area (Å²) in [6.07, 6.45) is 3.09. The second-order valence-corrected chi connectivity index (χ2v) is 8.93. The van der Waals surface area contributed by atoms with E-state index in [4.69, 9.17) is 0 Å². The fraction of sp³-hybridized carbons (Fsp3) is 0.625. The molecule has 1 spiro atoms.